The van der Waals surface area contributed by atoms with Gasteiger partial charge in [0.15, 0.2) is 0 Å². The van der Waals surface area contributed by atoms with Gasteiger partial charge in [0, 0.05) is 28.9 Å². The number of rotatable bonds is 3. The van der Waals surface area contributed by atoms with Crippen LogP contribution in [0.25, 0.3) is 22.2 Å². The summed E-state index contributed by atoms with van der Waals surface area (Å²) in [4.78, 5) is 20.6. The summed E-state index contributed by atoms with van der Waals surface area (Å²) in [6.45, 7) is 2.06. The molecule has 2 aromatic heterocycles. The number of hydrogen-bond acceptors (Lipinski definition) is 3. The molecule has 0 bridgehead atoms. The Balaban J connectivity index is 0.00000176. The summed E-state index contributed by atoms with van der Waals surface area (Å²) in [6.07, 6.45) is 4.28. The SMILES string of the molecule is CCc1cccc2c(C(=O)Cl)cc(-c3cccnc3)nc12.Cl. The fraction of sp³-hybridized carbons (Fsp3) is 0.118. The van der Waals surface area contributed by atoms with E-state index in [1.165, 1.54) is 0 Å². The Hall–Kier alpha value is -1.97. The number of aryl methyl sites for hydroxylation is 1. The molecule has 2 heterocycles. The van der Waals surface area contributed by atoms with Crippen LogP contribution in [0.4, 0.5) is 0 Å². The Labute approximate surface area is 139 Å². The average molecular weight is 333 g/mol. The van der Waals surface area contributed by atoms with Gasteiger partial charge in [-0.1, -0.05) is 25.1 Å². The molecular formula is C17H14Cl2N2O. The molecule has 0 unspecified atom stereocenters. The average Bonchev–Trinajstić information content (AvgIpc) is 2.53. The molecule has 0 atom stereocenters. The van der Waals surface area contributed by atoms with Gasteiger partial charge in [0.1, 0.15) is 0 Å². The zero-order chi connectivity index (χ0) is 14.8. The van der Waals surface area contributed by atoms with Crippen LogP contribution < -0.4 is 0 Å². The summed E-state index contributed by atoms with van der Waals surface area (Å²) in [5, 5.41) is 0.322. The van der Waals surface area contributed by atoms with Gasteiger partial charge in [-0.15, -0.1) is 12.4 Å². The molecule has 0 aliphatic carbocycles. The van der Waals surface area contributed by atoms with Crippen molar-refractivity contribution in [3.63, 3.8) is 0 Å². The van der Waals surface area contributed by atoms with Crippen molar-refractivity contribution in [2.45, 2.75) is 13.3 Å². The largest absolute Gasteiger partial charge is 0.276 e. The lowest BCUT2D eigenvalue weighted by Gasteiger charge is -2.09. The molecule has 5 heteroatoms. The van der Waals surface area contributed by atoms with Crippen molar-refractivity contribution in [2.75, 3.05) is 0 Å². The molecule has 0 aliphatic rings. The van der Waals surface area contributed by atoms with Gasteiger partial charge < -0.3 is 0 Å². The molecule has 1 aromatic carbocycles. The fourth-order valence-electron chi connectivity index (χ4n) is 2.42. The summed E-state index contributed by atoms with van der Waals surface area (Å²) in [6, 6.07) is 11.3. The molecule has 3 nitrogen and oxygen atoms in total. The predicted octanol–water partition coefficient (Wildman–Crippen LogP) is 4.66. The van der Waals surface area contributed by atoms with E-state index in [-0.39, 0.29) is 12.4 Å². The Morgan fingerprint density at radius 2 is 2.05 bits per heavy atom. The standard InChI is InChI=1S/C17H13ClN2O.ClH/c1-2-11-5-3-7-13-14(17(18)21)9-15(20-16(11)13)12-6-4-8-19-10-12;/h3-10H,2H2,1H3;1H. The zero-order valence-electron chi connectivity index (χ0n) is 11.9. The molecule has 0 amide bonds. The molecule has 0 aliphatic heterocycles. The Morgan fingerprint density at radius 1 is 1.23 bits per heavy atom. The lowest BCUT2D eigenvalue weighted by atomic mass is 10.0. The zero-order valence-corrected chi connectivity index (χ0v) is 13.5. The summed E-state index contributed by atoms with van der Waals surface area (Å²) < 4.78 is 0. The van der Waals surface area contributed by atoms with Gasteiger partial charge in [-0.05, 0) is 41.8 Å². The second-order valence-electron chi connectivity index (χ2n) is 4.74. The molecule has 0 spiro atoms. The Kier molecular flexibility index (Phi) is 5.11. The van der Waals surface area contributed by atoms with E-state index >= 15 is 0 Å². The topological polar surface area (TPSA) is 42.9 Å². The van der Waals surface area contributed by atoms with Crippen LogP contribution in [0.3, 0.4) is 0 Å². The van der Waals surface area contributed by atoms with Crippen molar-refractivity contribution in [2.24, 2.45) is 0 Å². The first kappa shape index (κ1) is 16.4. The van der Waals surface area contributed by atoms with Crippen LogP contribution in [0.1, 0.15) is 22.8 Å². The number of aromatic nitrogens is 2. The minimum atomic E-state index is -0.471. The highest BCUT2D eigenvalue weighted by atomic mass is 35.5. The maximum absolute atomic E-state index is 11.8. The number of carbonyl (C=O) groups is 1. The first-order valence-corrected chi connectivity index (χ1v) is 7.11. The van der Waals surface area contributed by atoms with Crippen LogP contribution in [-0.4, -0.2) is 15.2 Å². The van der Waals surface area contributed by atoms with Gasteiger partial charge >= 0.3 is 0 Å². The lowest BCUT2D eigenvalue weighted by Crippen LogP contribution is -1.98. The molecule has 0 N–H and O–H groups in total. The number of para-hydroxylation sites is 1. The van der Waals surface area contributed by atoms with Gasteiger partial charge in [0.05, 0.1) is 11.2 Å². The third kappa shape index (κ3) is 2.96. The second kappa shape index (κ2) is 6.86. The van der Waals surface area contributed by atoms with Gasteiger partial charge in [0.25, 0.3) is 5.24 Å². The normalized spacial score (nSPS) is 10.3. The van der Waals surface area contributed by atoms with E-state index in [4.69, 9.17) is 16.6 Å². The Morgan fingerprint density at radius 3 is 2.68 bits per heavy atom. The van der Waals surface area contributed by atoms with Crippen molar-refractivity contribution < 1.29 is 4.79 Å². The number of fused-ring (bicyclic) bond motifs is 1. The number of hydrogen-bond donors (Lipinski definition) is 0. The van der Waals surface area contributed by atoms with E-state index in [0.29, 0.717) is 11.3 Å². The highest BCUT2D eigenvalue weighted by Gasteiger charge is 2.14. The number of nitrogens with zero attached hydrogens (tertiary/aromatic N) is 2. The third-order valence-electron chi connectivity index (χ3n) is 3.47. The smallest absolute Gasteiger partial charge is 0.253 e. The predicted molar refractivity (Wildman–Crippen MR) is 91.8 cm³/mol. The number of halogens is 2. The molecule has 112 valence electrons. The molecule has 3 aromatic rings. The second-order valence-corrected chi connectivity index (χ2v) is 5.08. The summed E-state index contributed by atoms with van der Waals surface area (Å²) in [5.74, 6) is 0. The Bertz CT molecular complexity index is 820. The molecular weight excluding hydrogens is 319 g/mol. The molecule has 0 radical (unpaired) electrons. The first-order valence-electron chi connectivity index (χ1n) is 6.73. The van der Waals surface area contributed by atoms with Gasteiger partial charge in [-0.3, -0.25) is 9.78 Å². The van der Waals surface area contributed by atoms with E-state index in [1.807, 2.05) is 30.3 Å². The van der Waals surface area contributed by atoms with E-state index in [0.717, 1.165) is 28.5 Å². The van der Waals surface area contributed by atoms with Crippen LogP contribution in [0.15, 0.2) is 48.8 Å². The quantitative estimate of drug-likeness (QED) is 0.655. The van der Waals surface area contributed by atoms with E-state index < -0.39 is 5.24 Å². The van der Waals surface area contributed by atoms with Crippen LogP contribution in [0, 0.1) is 0 Å². The van der Waals surface area contributed by atoms with Crippen molar-refractivity contribution >= 4 is 40.2 Å². The molecule has 3 rings (SSSR count). The van der Waals surface area contributed by atoms with Gasteiger partial charge in [-0.25, -0.2) is 4.98 Å². The van der Waals surface area contributed by atoms with E-state index in [1.54, 1.807) is 18.5 Å². The third-order valence-corrected chi connectivity index (χ3v) is 3.68. The molecule has 0 saturated heterocycles. The van der Waals surface area contributed by atoms with E-state index in [2.05, 4.69) is 11.9 Å². The lowest BCUT2D eigenvalue weighted by molar-refractivity contribution is 0.108. The molecule has 0 fully saturated rings. The maximum Gasteiger partial charge on any atom is 0.253 e. The number of pyridine rings is 2. The highest BCUT2D eigenvalue weighted by molar-refractivity contribution is 6.68. The maximum atomic E-state index is 11.8. The summed E-state index contributed by atoms with van der Waals surface area (Å²) in [5.41, 5.74) is 3.98. The number of carbonyl (C=O) groups excluding carboxylic acids is 1. The number of benzene rings is 1. The minimum Gasteiger partial charge on any atom is -0.276 e. The highest BCUT2D eigenvalue weighted by Crippen LogP contribution is 2.27. The van der Waals surface area contributed by atoms with Crippen LogP contribution in [-0.2, 0) is 6.42 Å². The van der Waals surface area contributed by atoms with Crippen molar-refractivity contribution in [1.29, 1.82) is 0 Å². The van der Waals surface area contributed by atoms with E-state index in [9.17, 15) is 4.79 Å². The summed E-state index contributed by atoms with van der Waals surface area (Å²) >= 11 is 5.75. The summed E-state index contributed by atoms with van der Waals surface area (Å²) in [7, 11) is 0. The minimum absolute atomic E-state index is 0. The van der Waals surface area contributed by atoms with Crippen LogP contribution in [0.2, 0.25) is 0 Å². The van der Waals surface area contributed by atoms with Crippen molar-refractivity contribution in [1.82, 2.24) is 9.97 Å². The van der Waals surface area contributed by atoms with Crippen LogP contribution >= 0.6 is 24.0 Å². The molecule has 0 saturated carbocycles. The van der Waals surface area contributed by atoms with Gasteiger partial charge in [-0.2, -0.15) is 0 Å². The van der Waals surface area contributed by atoms with Crippen molar-refractivity contribution in [3.05, 3.63) is 59.9 Å². The monoisotopic (exact) mass is 332 g/mol. The molecule has 22 heavy (non-hydrogen) atoms. The first-order chi connectivity index (χ1) is 10.2. The van der Waals surface area contributed by atoms with Crippen LogP contribution in [0.5, 0.6) is 0 Å². The van der Waals surface area contributed by atoms with Crippen molar-refractivity contribution in [3.8, 4) is 11.3 Å². The fourth-order valence-corrected chi connectivity index (χ4v) is 2.57. The van der Waals surface area contributed by atoms with Gasteiger partial charge in [0.2, 0.25) is 0 Å².